The Labute approximate surface area is 155 Å². The van der Waals surface area contributed by atoms with Crippen molar-refractivity contribution in [3.63, 3.8) is 0 Å². The molecule has 0 spiro atoms. The van der Waals surface area contributed by atoms with Gasteiger partial charge >= 0.3 is 0 Å². The Kier molecular flexibility index (Phi) is 4.22. The molecule has 0 aliphatic rings. The van der Waals surface area contributed by atoms with Gasteiger partial charge in [0, 0.05) is 22.0 Å². The summed E-state index contributed by atoms with van der Waals surface area (Å²) in [5.74, 6) is -0.861. The topological polar surface area (TPSA) is 67.0 Å². The summed E-state index contributed by atoms with van der Waals surface area (Å²) in [6, 6.07) is 24.0. The highest BCUT2D eigenvalue weighted by Gasteiger charge is 2.25. The molecule has 0 radical (unpaired) electrons. The summed E-state index contributed by atoms with van der Waals surface area (Å²) in [6.07, 6.45) is 0. The van der Waals surface area contributed by atoms with E-state index in [9.17, 15) is 14.4 Å². The predicted octanol–water partition coefficient (Wildman–Crippen LogP) is 3.99. The van der Waals surface area contributed by atoms with Crippen molar-refractivity contribution >= 4 is 22.5 Å². The first-order chi connectivity index (χ1) is 13.2. The molecule has 1 heterocycles. The fraction of sp³-hybridized carbons (Fsp3) is 0. The van der Waals surface area contributed by atoms with Crippen LogP contribution in [0.3, 0.4) is 0 Å². The third kappa shape index (κ3) is 2.98. The molecule has 0 amide bonds. The lowest BCUT2D eigenvalue weighted by molar-refractivity contribution is 0.0999. The number of benzene rings is 3. The Bertz CT molecular complexity index is 1210. The molecule has 4 nitrogen and oxygen atoms in total. The maximum Gasteiger partial charge on any atom is 0.210 e. The number of nitrogens with one attached hydrogen (secondary N) is 1. The van der Waals surface area contributed by atoms with Crippen molar-refractivity contribution in [1.29, 1.82) is 0 Å². The minimum Gasteiger partial charge on any atom is -0.351 e. The molecule has 0 fully saturated rings. The molecule has 4 rings (SSSR count). The first-order valence-corrected chi connectivity index (χ1v) is 8.51. The maximum absolute atomic E-state index is 13.1. The fourth-order valence-electron chi connectivity index (χ4n) is 3.09. The second kappa shape index (κ2) is 6.84. The quantitative estimate of drug-likeness (QED) is 0.564. The second-order valence-electron chi connectivity index (χ2n) is 6.14. The average Bonchev–Trinajstić information content (AvgIpc) is 2.74. The molecule has 0 aliphatic heterocycles. The van der Waals surface area contributed by atoms with Crippen LogP contribution in [0.15, 0.2) is 89.7 Å². The molecule has 0 bridgehead atoms. The standard InChI is InChI=1S/C23H15NO3/c25-21(15-9-3-1-4-10-15)19-20(22(26)16-11-5-2-6-12-16)24-18-14-8-7-13-17(18)23(19)27/h1-14H,(H,24,27). The van der Waals surface area contributed by atoms with Gasteiger partial charge in [-0.15, -0.1) is 0 Å². The smallest absolute Gasteiger partial charge is 0.210 e. The number of fused-ring (bicyclic) bond motifs is 1. The van der Waals surface area contributed by atoms with Crippen LogP contribution >= 0.6 is 0 Å². The summed E-state index contributed by atoms with van der Waals surface area (Å²) in [4.78, 5) is 42.3. The van der Waals surface area contributed by atoms with Gasteiger partial charge in [-0.2, -0.15) is 0 Å². The van der Waals surface area contributed by atoms with E-state index >= 15 is 0 Å². The molecule has 4 heteroatoms. The monoisotopic (exact) mass is 353 g/mol. The van der Waals surface area contributed by atoms with E-state index in [1.54, 1.807) is 84.9 Å². The van der Waals surface area contributed by atoms with Gasteiger partial charge < -0.3 is 4.98 Å². The summed E-state index contributed by atoms with van der Waals surface area (Å²) >= 11 is 0. The molecule has 27 heavy (non-hydrogen) atoms. The molecule has 1 aromatic heterocycles. The van der Waals surface area contributed by atoms with Gasteiger partial charge in [-0.25, -0.2) is 0 Å². The Morgan fingerprint density at radius 3 is 1.78 bits per heavy atom. The number of hydrogen-bond donors (Lipinski definition) is 1. The Morgan fingerprint density at radius 2 is 1.15 bits per heavy atom. The zero-order chi connectivity index (χ0) is 18.8. The maximum atomic E-state index is 13.1. The van der Waals surface area contributed by atoms with Gasteiger partial charge in [-0.3, -0.25) is 14.4 Å². The normalized spacial score (nSPS) is 10.7. The van der Waals surface area contributed by atoms with Gasteiger partial charge in [0.2, 0.25) is 11.2 Å². The van der Waals surface area contributed by atoms with Crippen molar-refractivity contribution in [2.45, 2.75) is 0 Å². The largest absolute Gasteiger partial charge is 0.351 e. The van der Waals surface area contributed by atoms with Crippen LogP contribution in [0.2, 0.25) is 0 Å². The molecule has 0 saturated heterocycles. The number of aromatic amines is 1. The van der Waals surface area contributed by atoms with E-state index < -0.39 is 17.0 Å². The van der Waals surface area contributed by atoms with Gasteiger partial charge in [0.1, 0.15) is 5.69 Å². The minimum absolute atomic E-state index is 0.0127. The van der Waals surface area contributed by atoms with Crippen LogP contribution in [0.4, 0.5) is 0 Å². The predicted molar refractivity (Wildman–Crippen MR) is 104 cm³/mol. The van der Waals surface area contributed by atoms with Crippen molar-refractivity contribution in [2.24, 2.45) is 0 Å². The zero-order valence-corrected chi connectivity index (χ0v) is 14.3. The van der Waals surface area contributed by atoms with Gasteiger partial charge in [0.15, 0.2) is 5.78 Å². The summed E-state index contributed by atoms with van der Waals surface area (Å²) in [5.41, 5.74) is 0.724. The highest BCUT2D eigenvalue weighted by Crippen LogP contribution is 2.18. The first kappa shape index (κ1) is 16.7. The van der Waals surface area contributed by atoms with Crippen LogP contribution in [-0.4, -0.2) is 16.6 Å². The van der Waals surface area contributed by atoms with Crippen molar-refractivity contribution in [1.82, 2.24) is 4.98 Å². The first-order valence-electron chi connectivity index (χ1n) is 8.51. The number of rotatable bonds is 4. The minimum atomic E-state index is -0.470. The van der Waals surface area contributed by atoms with E-state index in [0.717, 1.165) is 0 Å². The number of para-hydroxylation sites is 1. The van der Waals surface area contributed by atoms with Crippen LogP contribution < -0.4 is 5.43 Å². The third-order valence-corrected chi connectivity index (χ3v) is 4.43. The molecule has 1 N–H and O–H groups in total. The van der Waals surface area contributed by atoms with Gasteiger partial charge in [-0.05, 0) is 12.1 Å². The Morgan fingerprint density at radius 1 is 0.630 bits per heavy atom. The molecular weight excluding hydrogens is 338 g/mol. The summed E-state index contributed by atoms with van der Waals surface area (Å²) in [7, 11) is 0. The lowest BCUT2D eigenvalue weighted by atomic mass is 9.95. The lowest BCUT2D eigenvalue weighted by Gasteiger charge is -2.10. The van der Waals surface area contributed by atoms with Crippen LogP contribution in [-0.2, 0) is 0 Å². The molecule has 3 aromatic carbocycles. The van der Waals surface area contributed by atoms with Crippen molar-refractivity contribution < 1.29 is 9.59 Å². The molecule has 130 valence electrons. The van der Waals surface area contributed by atoms with E-state index in [1.165, 1.54) is 0 Å². The lowest BCUT2D eigenvalue weighted by Crippen LogP contribution is -2.23. The van der Waals surface area contributed by atoms with Gasteiger partial charge in [0.05, 0.1) is 5.56 Å². The summed E-state index contributed by atoms with van der Waals surface area (Å²) < 4.78 is 0. The number of ketones is 2. The van der Waals surface area contributed by atoms with Crippen LogP contribution in [0, 0.1) is 0 Å². The number of H-pyrrole nitrogens is 1. The van der Waals surface area contributed by atoms with Gasteiger partial charge in [0.25, 0.3) is 0 Å². The number of hydrogen-bond acceptors (Lipinski definition) is 3. The molecular formula is C23H15NO3. The summed E-state index contributed by atoms with van der Waals surface area (Å²) in [5, 5.41) is 0.376. The van der Waals surface area contributed by atoms with E-state index in [2.05, 4.69) is 4.98 Å². The van der Waals surface area contributed by atoms with Crippen LogP contribution in [0.25, 0.3) is 10.9 Å². The summed E-state index contributed by atoms with van der Waals surface area (Å²) in [6.45, 7) is 0. The van der Waals surface area contributed by atoms with E-state index in [0.29, 0.717) is 22.0 Å². The highest BCUT2D eigenvalue weighted by atomic mass is 16.1. The number of carbonyl (C=O) groups excluding carboxylic acids is 2. The Hall–Kier alpha value is -3.79. The second-order valence-corrected chi connectivity index (χ2v) is 6.14. The van der Waals surface area contributed by atoms with E-state index in [4.69, 9.17) is 0 Å². The van der Waals surface area contributed by atoms with Crippen molar-refractivity contribution in [2.75, 3.05) is 0 Å². The number of aromatic nitrogens is 1. The van der Waals surface area contributed by atoms with Gasteiger partial charge in [-0.1, -0.05) is 72.8 Å². The average molecular weight is 353 g/mol. The molecule has 0 atom stereocenters. The van der Waals surface area contributed by atoms with E-state index in [1.807, 2.05) is 0 Å². The Balaban J connectivity index is 2.01. The van der Waals surface area contributed by atoms with Crippen LogP contribution in [0.5, 0.6) is 0 Å². The fourth-order valence-corrected chi connectivity index (χ4v) is 3.09. The van der Waals surface area contributed by atoms with Crippen molar-refractivity contribution in [3.05, 3.63) is 118 Å². The van der Waals surface area contributed by atoms with Crippen molar-refractivity contribution in [3.8, 4) is 0 Å². The third-order valence-electron chi connectivity index (χ3n) is 4.43. The SMILES string of the molecule is O=C(c1ccccc1)c1[nH]c2ccccc2c(=O)c1C(=O)c1ccccc1. The number of pyridine rings is 1. The highest BCUT2D eigenvalue weighted by molar-refractivity contribution is 6.19. The van der Waals surface area contributed by atoms with Crippen LogP contribution in [0.1, 0.15) is 32.0 Å². The molecule has 0 saturated carbocycles. The van der Waals surface area contributed by atoms with E-state index in [-0.39, 0.29) is 11.3 Å². The molecule has 0 unspecified atom stereocenters. The zero-order valence-electron chi connectivity index (χ0n) is 14.3. The number of carbonyl (C=O) groups is 2. The molecule has 4 aromatic rings. The molecule has 0 aliphatic carbocycles.